The molecule has 0 bridgehead atoms. The van der Waals surface area contributed by atoms with Crippen molar-refractivity contribution < 1.29 is 14.3 Å². The summed E-state index contributed by atoms with van der Waals surface area (Å²) >= 11 is 0. The number of Topliss-reactive ketones (excluding diaryl/α,β-unsaturated/α-hetero) is 2. The quantitative estimate of drug-likeness (QED) is 0.781. The van der Waals surface area contributed by atoms with Gasteiger partial charge in [0.2, 0.25) is 0 Å². The standard InChI is InChI=1S/C19H20O3/c1-12-9-14(3)18(10-13(12)2)19(21)11-22-17-7-5-16(6-8-17)15(4)20/h5-10H,11H2,1-4H3. The van der Waals surface area contributed by atoms with Crippen LogP contribution in [-0.4, -0.2) is 18.2 Å². The number of ether oxygens (including phenoxy) is 1. The van der Waals surface area contributed by atoms with Crippen LogP contribution in [0.3, 0.4) is 0 Å². The number of benzene rings is 2. The maximum Gasteiger partial charge on any atom is 0.200 e. The second-order valence-corrected chi connectivity index (χ2v) is 5.54. The van der Waals surface area contributed by atoms with Crippen LogP contribution >= 0.6 is 0 Å². The number of ketones is 2. The minimum atomic E-state index is -0.0451. The van der Waals surface area contributed by atoms with Gasteiger partial charge in [-0.25, -0.2) is 0 Å². The van der Waals surface area contributed by atoms with Gasteiger partial charge in [0.25, 0.3) is 0 Å². The summed E-state index contributed by atoms with van der Waals surface area (Å²) in [5, 5.41) is 0. The Kier molecular flexibility index (Phi) is 4.76. The second-order valence-electron chi connectivity index (χ2n) is 5.54. The molecule has 0 amide bonds. The monoisotopic (exact) mass is 296 g/mol. The molecule has 0 fully saturated rings. The van der Waals surface area contributed by atoms with Crippen LogP contribution in [0.25, 0.3) is 0 Å². The van der Waals surface area contributed by atoms with Gasteiger partial charge in [0.15, 0.2) is 18.2 Å². The van der Waals surface area contributed by atoms with Crippen LogP contribution in [0, 0.1) is 20.8 Å². The summed E-state index contributed by atoms with van der Waals surface area (Å²) in [6.45, 7) is 7.46. The fraction of sp³-hybridized carbons (Fsp3) is 0.263. The third-order valence-electron chi connectivity index (χ3n) is 3.77. The molecule has 2 aromatic carbocycles. The fourth-order valence-corrected chi connectivity index (χ4v) is 2.27. The SMILES string of the molecule is CC(=O)c1ccc(OCC(=O)c2cc(C)c(C)cc2C)cc1. The topological polar surface area (TPSA) is 43.4 Å². The van der Waals surface area contributed by atoms with E-state index in [1.165, 1.54) is 12.5 Å². The first-order chi connectivity index (χ1) is 10.4. The van der Waals surface area contributed by atoms with Gasteiger partial charge in [0.1, 0.15) is 5.75 Å². The molecule has 2 aromatic rings. The van der Waals surface area contributed by atoms with Crippen LogP contribution in [0.4, 0.5) is 0 Å². The summed E-state index contributed by atoms with van der Waals surface area (Å²) in [6.07, 6.45) is 0. The number of carbonyl (C=O) groups is 2. The molecule has 0 unspecified atom stereocenters. The van der Waals surface area contributed by atoms with Gasteiger partial charge in [0, 0.05) is 11.1 Å². The molecule has 22 heavy (non-hydrogen) atoms. The summed E-state index contributed by atoms with van der Waals surface area (Å²) < 4.78 is 5.52. The summed E-state index contributed by atoms with van der Waals surface area (Å²) in [5.74, 6) is 0.546. The molecule has 0 saturated carbocycles. The Morgan fingerprint density at radius 3 is 2.09 bits per heavy atom. The van der Waals surface area contributed by atoms with E-state index in [4.69, 9.17) is 4.74 Å². The zero-order valence-corrected chi connectivity index (χ0v) is 13.4. The first kappa shape index (κ1) is 16.0. The van der Waals surface area contributed by atoms with E-state index in [-0.39, 0.29) is 18.2 Å². The van der Waals surface area contributed by atoms with Gasteiger partial charge in [-0.1, -0.05) is 6.07 Å². The van der Waals surface area contributed by atoms with Gasteiger partial charge in [-0.15, -0.1) is 0 Å². The zero-order chi connectivity index (χ0) is 16.3. The number of rotatable bonds is 5. The lowest BCUT2D eigenvalue weighted by Crippen LogP contribution is -2.13. The van der Waals surface area contributed by atoms with Crippen molar-refractivity contribution in [1.82, 2.24) is 0 Å². The Morgan fingerprint density at radius 1 is 0.909 bits per heavy atom. The molecule has 0 aliphatic carbocycles. The Morgan fingerprint density at radius 2 is 1.50 bits per heavy atom. The van der Waals surface area contributed by atoms with Crippen LogP contribution in [0.15, 0.2) is 36.4 Å². The van der Waals surface area contributed by atoms with Crippen molar-refractivity contribution in [2.45, 2.75) is 27.7 Å². The van der Waals surface area contributed by atoms with Gasteiger partial charge >= 0.3 is 0 Å². The van der Waals surface area contributed by atoms with E-state index in [9.17, 15) is 9.59 Å². The highest BCUT2D eigenvalue weighted by Crippen LogP contribution is 2.17. The molecule has 0 saturated heterocycles. The van der Waals surface area contributed by atoms with Crippen LogP contribution < -0.4 is 4.74 Å². The average Bonchev–Trinajstić information content (AvgIpc) is 2.49. The van der Waals surface area contributed by atoms with E-state index < -0.39 is 0 Å². The maximum absolute atomic E-state index is 12.3. The van der Waals surface area contributed by atoms with E-state index in [0.717, 1.165) is 11.1 Å². The van der Waals surface area contributed by atoms with Crippen LogP contribution in [-0.2, 0) is 0 Å². The highest BCUT2D eigenvalue weighted by Gasteiger charge is 2.11. The molecular weight excluding hydrogens is 276 g/mol. The van der Waals surface area contributed by atoms with E-state index in [0.29, 0.717) is 16.9 Å². The fourth-order valence-electron chi connectivity index (χ4n) is 2.27. The Bertz CT molecular complexity index is 712. The highest BCUT2D eigenvalue weighted by atomic mass is 16.5. The zero-order valence-electron chi connectivity index (χ0n) is 13.4. The van der Waals surface area contributed by atoms with E-state index in [1.54, 1.807) is 24.3 Å². The summed E-state index contributed by atoms with van der Waals surface area (Å²) in [4.78, 5) is 23.5. The van der Waals surface area contributed by atoms with Gasteiger partial charge in [-0.3, -0.25) is 9.59 Å². The number of hydrogen-bond acceptors (Lipinski definition) is 3. The maximum atomic E-state index is 12.3. The molecule has 114 valence electrons. The number of aryl methyl sites for hydroxylation is 3. The average molecular weight is 296 g/mol. The van der Waals surface area contributed by atoms with Gasteiger partial charge < -0.3 is 4.74 Å². The van der Waals surface area contributed by atoms with Crippen molar-refractivity contribution >= 4 is 11.6 Å². The van der Waals surface area contributed by atoms with Gasteiger partial charge in [-0.2, -0.15) is 0 Å². The molecular formula is C19H20O3. The Balaban J connectivity index is 2.07. The highest BCUT2D eigenvalue weighted by molar-refractivity contribution is 5.99. The summed E-state index contributed by atoms with van der Waals surface area (Å²) in [7, 11) is 0. The molecule has 0 atom stereocenters. The molecule has 0 aliphatic rings. The third-order valence-corrected chi connectivity index (χ3v) is 3.77. The Labute approximate surface area is 130 Å². The van der Waals surface area contributed by atoms with Crippen molar-refractivity contribution in [2.24, 2.45) is 0 Å². The molecule has 3 nitrogen and oxygen atoms in total. The Hall–Kier alpha value is -2.42. The van der Waals surface area contributed by atoms with Crippen molar-refractivity contribution in [1.29, 1.82) is 0 Å². The molecule has 0 N–H and O–H groups in total. The van der Waals surface area contributed by atoms with Crippen molar-refractivity contribution in [3.63, 3.8) is 0 Å². The van der Waals surface area contributed by atoms with Crippen molar-refractivity contribution in [3.05, 3.63) is 64.2 Å². The number of hydrogen-bond donors (Lipinski definition) is 0. The van der Waals surface area contributed by atoms with Crippen LogP contribution in [0.2, 0.25) is 0 Å². The third kappa shape index (κ3) is 3.61. The second kappa shape index (κ2) is 6.56. The smallest absolute Gasteiger partial charge is 0.200 e. The van der Waals surface area contributed by atoms with Gasteiger partial charge in [0.05, 0.1) is 0 Å². The normalized spacial score (nSPS) is 10.4. The van der Waals surface area contributed by atoms with Gasteiger partial charge in [-0.05, 0) is 74.7 Å². The molecule has 0 radical (unpaired) electrons. The lowest BCUT2D eigenvalue weighted by atomic mass is 9.98. The predicted molar refractivity (Wildman–Crippen MR) is 86.9 cm³/mol. The van der Waals surface area contributed by atoms with Crippen LogP contribution in [0.1, 0.15) is 44.3 Å². The lowest BCUT2D eigenvalue weighted by molar-refractivity contribution is 0.0919. The minimum absolute atomic E-state index is 0.00776. The van der Waals surface area contributed by atoms with E-state index in [2.05, 4.69) is 0 Å². The number of carbonyl (C=O) groups excluding carboxylic acids is 2. The van der Waals surface area contributed by atoms with E-state index >= 15 is 0 Å². The summed E-state index contributed by atoms with van der Waals surface area (Å²) in [6, 6.07) is 10.7. The summed E-state index contributed by atoms with van der Waals surface area (Å²) in [5.41, 5.74) is 4.56. The lowest BCUT2D eigenvalue weighted by Gasteiger charge is -2.10. The largest absolute Gasteiger partial charge is 0.485 e. The molecule has 0 aliphatic heterocycles. The molecule has 0 heterocycles. The first-order valence-corrected chi connectivity index (χ1v) is 7.23. The van der Waals surface area contributed by atoms with Crippen molar-refractivity contribution in [3.8, 4) is 5.75 Å². The molecule has 3 heteroatoms. The molecule has 2 rings (SSSR count). The van der Waals surface area contributed by atoms with Crippen molar-refractivity contribution in [2.75, 3.05) is 6.61 Å². The van der Waals surface area contributed by atoms with Crippen LogP contribution in [0.5, 0.6) is 5.75 Å². The predicted octanol–water partition coefficient (Wildman–Crippen LogP) is 4.08. The molecule has 0 aromatic heterocycles. The molecule has 0 spiro atoms. The minimum Gasteiger partial charge on any atom is -0.485 e. The first-order valence-electron chi connectivity index (χ1n) is 7.23. The van der Waals surface area contributed by atoms with E-state index in [1.807, 2.05) is 32.9 Å².